The molecule has 0 unspecified atom stereocenters. The first-order valence-corrected chi connectivity index (χ1v) is 8.22. The number of ether oxygens (including phenoxy) is 1. The number of nitrogens with zero attached hydrogens (tertiary/aromatic N) is 1. The molecule has 1 aliphatic heterocycles. The Balaban J connectivity index is 1.65. The highest BCUT2D eigenvalue weighted by Gasteiger charge is 2.26. The number of rotatable bonds is 3. The van der Waals surface area contributed by atoms with Gasteiger partial charge in [-0.2, -0.15) is 5.10 Å². The predicted octanol–water partition coefficient (Wildman–Crippen LogP) is 4.21. The minimum atomic E-state index is -0.272. The molecule has 4 nitrogen and oxygen atoms in total. The third kappa shape index (κ3) is 3.95. The van der Waals surface area contributed by atoms with Gasteiger partial charge in [-0.25, -0.2) is 5.43 Å². The maximum Gasteiger partial charge on any atom is 0.271 e. The van der Waals surface area contributed by atoms with Crippen LogP contribution in [0.5, 0.6) is 5.75 Å². The summed E-state index contributed by atoms with van der Waals surface area (Å²) >= 11 is 5.80. The second-order valence-corrected chi connectivity index (χ2v) is 6.87. The summed E-state index contributed by atoms with van der Waals surface area (Å²) in [7, 11) is 0. The number of amides is 1. The summed E-state index contributed by atoms with van der Waals surface area (Å²) in [6.45, 7) is 4.19. The summed E-state index contributed by atoms with van der Waals surface area (Å²) in [6, 6.07) is 12.6. The van der Waals surface area contributed by atoms with E-state index in [4.69, 9.17) is 16.3 Å². The van der Waals surface area contributed by atoms with Crippen molar-refractivity contribution in [2.45, 2.75) is 32.3 Å². The zero-order valence-corrected chi connectivity index (χ0v) is 14.4. The first kappa shape index (κ1) is 16.5. The van der Waals surface area contributed by atoms with Crippen LogP contribution in [-0.2, 0) is 6.42 Å². The third-order valence-corrected chi connectivity index (χ3v) is 4.21. The Bertz CT molecular complexity index is 782. The summed E-state index contributed by atoms with van der Waals surface area (Å²) < 4.78 is 5.96. The van der Waals surface area contributed by atoms with Gasteiger partial charge in [0.1, 0.15) is 11.4 Å². The van der Waals surface area contributed by atoms with Gasteiger partial charge in [0, 0.05) is 10.6 Å². The predicted molar refractivity (Wildman–Crippen MR) is 96.0 cm³/mol. The standard InChI is InChI=1S/C19H19ClN2O2/c1-19(2)10-9-15-11-13(3-8-17(15)24-19)12-21-22-18(23)14-4-6-16(20)7-5-14/h3-8,11-12H,9-10H2,1-2H3,(H,22,23)/b21-12+. The lowest BCUT2D eigenvalue weighted by atomic mass is 9.93. The minimum Gasteiger partial charge on any atom is -0.488 e. The fraction of sp³-hybridized carbons (Fsp3) is 0.263. The van der Waals surface area contributed by atoms with Crippen LogP contribution in [-0.4, -0.2) is 17.7 Å². The molecule has 3 rings (SSSR count). The van der Waals surface area contributed by atoms with Gasteiger partial charge in [0.25, 0.3) is 5.91 Å². The maximum atomic E-state index is 12.0. The highest BCUT2D eigenvalue weighted by Crippen LogP contribution is 2.33. The van der Waals surface area contributed by atoms with E-state index in [-0.39, 0.29) is 11.5 Å². The van der Waals surface area contributed by atoms with E-state index in [9.17, 15) is 4.79 Å². The Morgan fingerprint density at radius 2 is 2.00 bits per heavy atom. The molecule has 0 saturated carbocycles. The number of nitrogens with one attached hydrogen (secondary N) is 1. The molecule has 0 bridgehead atoms. The topological polar surface area (TPSA) is 50.7 Å². The number of carbonyl (C=O) groups excluding carboxylic acids is 1. The van der Waals surface area contributed by atoms with Crippen LogP contribution in [0.1, 0.15) is 41.8 Å². The molecule has 1 heterocycles. The van der Waals surface area contributed by atoms with E-state index in [1.807, 2.05) is 18.2 Å². The Kier molecular flexibility index (Phi) is 4.58. The van der Waals surface area contributed by atoms with Crippen LogP contribution in [0.25, 0.3) is 0 Å². The minimum absolute atomic E-state index is 0.116. The Morgan fingerprint density at radius 1 is 1.25 bits per heavy atom. The third-order valence-electron chi connectivity index (χ3n) is 3.95. The van der Waals surface area contributed by atoms with E-state index in [2.05, 4.69) is 24.4 Å². The molecular weight excluding hydrogens is 324 g/mol. The van der Waals surface area contributed by atoms with Crippen molar-refractivity contribution in [2.24, 2.45) is 5.10 Å². The molecule has 0 fully saturated rings. The van der Waals surface area contributed by atoms with Crippen molar-refractivity contribution < 1.29 is 9.53 Å². The number of fused-ring (bicyclic) bond motifs is 1. The lowest BCUT2D eigenvalue weighted by Gasteiger charge is -2.32. The van der Waals surface area contributed by atoms with Gasteiger partial charge in [0.15, 0.2) is 0 Å². The molecule has 0 radical (unpaired) electrons. The van der Waals surface area contributed by atoms with Gasteiger partial charge in [-0.15, -0.1) is 0 Å². The monoisotopic (exact) mass is 342 g/mol. The largest absolute Gasteiger partial charge is 0.488 e. The smallest absolute Gasteiger partial charge is 0.271 e. The van der Waals surface area contributed by atoms with E-state index in [1.165, 1.54) is 5.56 Å². The maximum absolute atomic E-state index is 12.0. The summed E-state index contributed by atoms with van der Waals surface area (Å²) in [4.78, 5) is 12.0. The fourth-order valence-corrected chi connectivity index (χ4v) is 2.72. The Hall–Kier alpha value is -2.33. The summed E-state index contributed by atoms with van der Waals surface area (Å²) in [6.07, 6.45) is 3.59. The van der Waals surface area contributed by atoms with Crippen molar-refractivity contribution in [3.05, 3.63) is 64.2 Å². The van der Waals surface area contributed by atoms with Crippen LogP contribution >= 0.6 is 11.6 Å². The van der Waals surface area contributed by atoms with Gasteiger partial charge in [-0.05, 0) is 80.3 Å². The number of aryl methyl sites for hydroxylation is 1. The molecule has 0 saturated heterocycles. The molecule has 0 atom stereocenters. The van der Waals surface area contributed by atoms with Gasteiger partial charge < -0.3 is 4.74 Å². The second-order valence-electron chi connectivity index (χ2n) is 6.43. The zero-order valence-electron chi connectivity index (χ0n) is 13.7. The van der Waals surface area contributed by atoms with E-state index in [0.29, 0.717) is 10.6 Å². The second kappa shape index (κ2) is 6.65. The molecule has 0 aliphatic carbocycles. The molecule has 2 aromatic rings. The van der Waals surface area contributed by atoms with Crippen molar-refractivity contribution in [3.63, 3.8) is 0 Å². The average Bonchev–Trinajstić information content (AvgIpc) is 2.55. The first-order chi connectivity index (χ1) is 11.4. The van der Waals surface area contributed by atoms with Gasteiger partial charge >= 0.3 is 0 Å². The van der Waals surface area contributed by atoms with Gasteiger partial charge in [-0.3, -0.25) is 4.79 Å². The van der Waals surface area contributed by atoms with Crippen molar-refractivity contribution in [2.75, 3.05) is 0 Å². The zero-order chi connectivity index (χ0) is 17.2. The van der Waals surface area contributed by atoms with Gasteiger partial charge in [0.05, 0.1) is 6.21 Å². The molecule has 0 spiro atoms. The summed E-state index contributed by atoms with van der Waals surface area (Å²) in [5, 5.41) is 4.61. The van der Waals surface area contributed by atoms with Crippen LogP contribution in [0.15, 0.2) is 47.6 Å². The quantitative estimate of drug-likeness (QED) is 0.671. The first-order valence-electron chi connectivity index (χ1n) is 7.84. The van der Waals surface area contributed by atoms with Crippen molar-refractivity contribution in [3.8, 4) is 5.75 Å². The molecule has 5 heteroatoms. The van der Waals surface area contributed by atoms with E-state index < -0.39 is 0 Å². The lowest BCUT2D eigenvalue weighted by Crippen LogP contribution is -2.32. The van der Waals surface area contributed by atoms with Crippen molar-refractivity contribution in [1.82, 2.24) is 5.43 Å². The van der Waals surface area contributed by atoms with E-state index in [1.54, 1.807) is 30.5 Å². The van der Waals surface area contributed by atoms with Crippen LogP contribution in [0.2, 0.25) is 5.02 Å². The van der Waals surface area contributed by atoms with Crippen LogP contribution in [0, 0.1) is 0 Å². The molecule has 24 heavy (non-hydrogen) atoms. The SMILES string of the molecule is CC1(C)CCc2cc(/C=N/NC(=O)c3ccc(Cl)cc3)ccc2O1. The number of carbonyl (C=O) groups is 1. The molecule has 124 valence electrons. The number of hydrazone groups is 1. The summed E-state index contributed by atoms with van der Waals surface area (Å²) in [5.74, 6) is 0.652. The van der Waals surface area contributed by atoms with Crippen LogP contribution < -0.4 is 10.2 Å². The lowest BCUT2D eigenvalue weighted by molar-refractivity contribution is 0.0846. The Labute approximate surface area is 146 Å². The summed E-state index contributed by atoms with van der Waals surface area (Å²) in [5.41, 5.74) is 5.01. The van der Waals surface area contributed by atoms with E-state index in [0.717, 1.165) is 24.2 Å². The number of benzene rings is 2. The van der Waals surface area contributed by atoms with E-state index >= 15 is 0 Å². The van der Waals surface area contributed by atoms with Crippen molar-refractivity contribution in [1.29, 1.82) is 0 Å². The highest BCUT2D eigenvalue weighted by atomic mass is 35.5. The average molecular weight is 343 g/mol. The van der Waals surface area contributed by atoms with Crippen LogP contribution in [0.4, 0.5) is 0 Å². The molecule has 1 N–H and O–H groups in total. The molecular formula is C19H19ClN2O2. The van der Waals surface area contributed by atoms with Crippen LogP contribution in [0.3, 0.4) is 0 Å². The number of halogens is 1. The molecule has 1 amide bonds. The highest BCUT2D eigenvalue weighted by molar-refractivity contribution is 6.30. The fourth-order valence-electron chi connectivity index (χ4n) is 2.59. The number of hydrogen-bond donors (Lipinski definition) is 1. The normalized spacial score (nSPS) is 15.6. The van der Waals surface area contributed by atoms with Gasteiger partial charge in [0.2, 0.25) is 0 Å². The molecule has 1 aliphatic rings. The number of hydrogen-bond acceptors (Lipinski definition) is 3. The molecule has 0 aromatic heterocycles. The molecule has 2 aromatic carbocycles. The van der Waals surface area contributed by atoms with Crippen molar-refractivity contribution >= 4 is 23.7 Å². The van der Waals surface area contributed by atoms with Gasteiger partial charge in [-0.1, -0.05) is 11.6 Å². The Morgan fingerprint density at radius 3 is 2.75 bits per heavy atom.